The van der Waals surface area contributed by atoms with Crippen molar-refractivity contribution in [3.8, 4) is 5.75 Å². The number of carbonyl (C=O) groups excluding carboxylic acids is 1. The van der Waals surface area contributed by atoms with Crippen LogP contribution in [0.5, 0.6) is 5.75 Å². The molecule has 1 aromatic heterocycles. The maximum absolute atomic E-state index is 12.4. The van der Waals surface area contributed by atoms with Gasteiger partial charge in [-0.05, 0) is 30.7 Å². The lowest BCUT2D eigenvalue weighted by Crippen LogP contribution is -2.24. The fourth-order valence-corrected chi connectivity index (χ4v) is 3.24. The zero-order valence-electron chi connectivity index (χ0n) is 13.9. The molecule has 1 aliphatic heterocycles. The first-order valence-electron chi connectivity index (χ1n) is 8.25. The summed E-state index contributed by atoms with van der Waals surface area (Å²) in [6.45, 7) is 0.607. The molecule has 2 N–H and O–H groups in total. The molecule has 1 amide bonds. The van der Waals surface area contributed by atoms with Crippen LogP contribution in [-0.4, -0.2) is 33.8 Å². The topological polar surface area (TPSA) is 76.4 Å². The molecule has 6 nitrogen and oxygen atoms in total. The lowest BCUT2D eigenvalue weighted by Gasteiger charge is -2.24. The summed E-state index contributed by atoms with van der Waals surface area (Å²) in [5, 5.41) is 12.3. The molecule has 0 spiro atoms. The van der Waals surface area contributed by atoms with Gasteiger partial charge in [0, 0.05) is 30.7 Å². The minimum atomic E-state index is -0.197. The molecule has 0 fully saturated rings. The van der Waals surface area contributed by atoms with Gasteiger partial charge in [-0.3, -0.25) is 10.1 Å². The van der Waals surface area contributed by atoms with E-state index in [-0.39, 0.29) is 18.4 Å². The standard InChI is InChI=1S/C19H19N3O3/c1-22-17-14-9-12(10-23)11-25-16(14)8-7-15(17)20-19(22)21-18(24)13-5-3-2-4-6-13/h2-8,12,23H,9-11H2,1H3,(H,20,21,24). The monoisotopic (exact) mass is 337 g/mol. The Labute approximate surface area is 145 Å². The van der Waals surface area contributed by atoms with E-state index in [0.717, 1.165) is 28.8 Å². The highest BCUT2D eigenvalue weighted by Crippen LogP contribution is 2.34. The van der Waals surface area contributed by atoms with Crippen LogP contribution in [0.15, 0.2) is 42.5 Å². The number of nitrogens with zero attached hydrogens (tertiary/aromatic N) is 2. The van der Waals surface area contributed by atoms with Crippen LogP contribution in [0.25, 0.3) is 11.0 Å². The molecule has 2 aromatic carbocycles. The number of fused-ring (bicyclic) bond motifs is 3. The molecule has 0 bridgehead atoms. The number of aliphatic hydroxyl groups excluding tert-OH is 1. The summed E-state index contributed by atoms with van der Waals surface area (Å²) in [6, 6.07) is 12.8. The number of aryl methyl sites for hydroxylation is 1. The fraction of sp³-hybridized carbons (Fsp3) is 0.263. The highest BCUT2D eigenvalue weighted by Gasteiger charge is 2.24. The second-order valence-electron chi connectivity index (χ2n) is 6.29. The molecule has 1 aliphatic rings. The summed E-state index contributed by atoms with van der Waals surface area (Å²) in [7, 11) is 1.87. The molecule has 4 rings (SSSR count). The Hall–Kier alpha value is -2.86. The minimum Gasteiger partial charge on any atom is -0.493 e. The minimum absolute atomic E-state index is 0.0790. The van der Waals surface area contributed by atoms with Crippen molar-refractivity contribution in [2.75, 3.05) is 18.5 Å². The number of aromatic nitrogens is 2. The van der Waals surface area contributed by atoms with Gasteiger partial charge in [0.25, 0.3) is 5.91 Å². The van der Waals surface area contributed by atoms with Gasteiger partial charge in [-0.25, -0.2) is 4.98 Å². The van der Waals surface area contributed by atoms with Gasteiger partial charge >= 0.3 is 0 Å². The van der Waals surface area contributed by atoms with Gasteiger partial charge < -0.3 is 14.4 Å². The molecule has 1 unspecified atom stereocenters. The number of amides is 1. The van der Waals surface area contributed by atoms with E-state index in [1.165, 1.54) is 0 Å². The number of hydrogen-bond acceptors (Lipinski definition) is 4. The van der Waals surface area contributed by atoms with Crippen LogP contribution in [0.2, 0.25) is 0 Å². The van der Waals surface area contributed by atoms with Crippen molar-refractivity contribution in [3.05, 3.63) is 53.6 Å². The number of carbonyl (C=O) groups is 1. The van der Waals surface area contributed by atoms with Crippen molar-refractivity contribution in [1.29, 1.82) is 0 Å². The molecule has 6 heteroatoms. The number of anilines is 1. The Morgan fingerprint density at radius 1 is 1.32 bits per heavy atom. The number of rotatable bonds is 3. The summed E-state index contributed by atoms with van der Waals surface area (Å²) in [6.07, 6.45) is 0.731. The average molecular weight is 337 g/mol. The number of imidazole rings is 1. The molecule has 1 atom stereocenters. The zero-order valence-corrected chi connectivity index (χ0v) is 13.9. The van der Waals surface area contributed by atoms with Crippen LogP contribution < -0.4 is 10.1 Å². The molecule has 3 aromatic rings. The molecule has 0 saturated carbocycles. The van der Waals surface area contributed by atoms with Crippen LogP contribution in [-0.2, 0) is 13.5 Å². The number of nitrogens with one attached hydrogen (secondary N) is 1. The smallest absolute Gasteiger partial charge is 0.257 e. The SMILES string of the molecule is Cn1c(NC(=O)c2ccccc2)nc2ccc3c(c21)CC(CO)CO3. The van der Waals surface area contributed by atoms with Gasteiger partial charge in [0.2, 0.25) is 5.95 Å². The third-order valence-corrected chi connectivity index (χ3v) is 4.58. The van der Waals surface area contributed by atoms with Crippen molar-refractivity contribution in [3.63, 3.8) is 0 Å². The predicted octanol–water partition coefficient (Wildman–Crippen LogP) is 2.37. The van der Waals surface area contributed by atoms with Gasteiger partial charge in [-0.15, -0.1) is 0 Å². The van der Waals surface area contributed by atoms with Gasteiger partial charge in [0.15, 0.2) is 0 Å². The lowest BCUT2D eigenvalue weighted by molar-refractivity contribution is 0.102. The Kier molecular flexibility index (Phi) is 3.89. The summed E-state index contributed by atoms with van der Waals surface area (Å²) in [5.74, 6) is 1.19. The number of aliphatic hydroxyl groups is 1. The maximum Gasteiger partial charge on any atom is 0.257 e. The van der Waals surface area contributed by atoms with Crippen LogP contribution in [0.3, 0.4) is 0 Å². The molecule has 25 heavy (non-hydrogen) atoms. The molecular formula is C19H19N3O3. The highest BCUT2D eigenvalue weighted by atomic mass is 16.5. The van der Waals surface area contributed by atoms with E-state index in [9.17, 15) is 9.90 Å². The van der Waals surface area contributed by atoms with E-state index in [2.05, 4.69) is 10.3 Å². The van der Waals surface area contributed by atoms with Gasteiger partial charge in [-0.2, -0.15) is 0 Å². The molecule has 0 radical (unpaired) electrons. The third-order valence-electron chi connectivity index (χ3n) is 4.58. The summed E-state index contributed by atoms with van der Waals surface area (Å²) < 4.78 is 7.63. The van der Waals surface area contributed by atoms with Crippen LogP contribution in [0, 0.1) is 5.92 Å². The predicted molar refractivity (Wildman–Crippen MR) is 94.9 cm³/mol. The van der Waals surface area contributed by atoms with Crippen molar-refractivity contribution in [1.82, 2.24) is 9.55 Å². The summed E-state index contributed by atoms with van der Waals surface area (Å²) in [4.78, 5) is 17.0. The Bertz CT molecular complexity index is 934. The molecule has 2 heterocycles. The fourth-order valence-electron chi connectivity index (χ4n) is 3.24. The highest BCUT2D eigenvalue weighted by molar-refractivity contribution is 6.04. The maximum atomic E-state index is 12.4. The molecule has 0 saturated heterocycles. The Morgan fingerprint density at radius 2 is 2.12 bits per heavy atom. The molecular weight excluding hydrogens is 318 g/mol. The van der Waals surface area contributed by atoms with Gasteiger partial charge in [0.05, 0.1) is 17.6 Å². The average Bonchev–Trinajstić information content (AvgIpc) is 2.98. The van der Waals surface area contributed by atoms with E-state index in [1.807, 2.05) is 41.9 Å². The van der Waals surface area contributed by atoms with E-state index in [4.69, 9.17) is 4.74 Å². The lowest BCUT2D eigenvalue weighted by atomic mass is 9.96. The van der Waals surface area contributed by atoms with Crippen molar-refractivity contribution >= 4 is 22.9 Å². The molecule has 0 aliphatic carbocycles. The first-order chi connectivity index (χ1) is 12.2. The largest absolute Gasteiger partial charge is 0.493 e. The van der Waals surface area contributed by atoms with E-state index < -0.39 is 0 Å². The van der Waals surface area contributed by atoms with Crippen LogP contribution in [0.4, 0.5) is 5.95 Å². The van der Waals surface area contributed by atoms with Crippen molar-refractivity contribution in [2.45, 2.75) is 6.42 Å². The van der Waals surface area contributed by atoms with Crippen molar-refractivity contribution in [2.24, 2.45) is 13.0 Å². The van der Waals surface area contributed by atoms with Gasteiger partial charge in [-0.1, -0.05) is 18.2 Å². The number of hydrogen-bond donors (Lipinski definition) is 2. The Morgan fingerprint density at radius 3 is 2.88 bits per heavy atom. The van der Waals surface area contributed by atoms with Crippen LogP contribution in [0.1, 0.15) is 15.9 Å². The quantitative estimate of drug-likeness (QED) is 0.769. The van der Waals surface area contributed by atoms with Crippen molar-refractivity contribution < 1.29 is 14.6 Å². The summed E-state index contributed by atoms with van der Waals surface area (Å²) in [5.41, 5.74) is 3.34. The van der Waals surface area contributed by atoms with E-state index >= 15 is 0 Å². The second kappa shape index (κ2) is 6.22. The number of ether oxygens (including phenoxy) is 1. The first kappa shape index (κ1) is 15.7. The van der Waals surface area contributed by atoms with E-state index in [0.29, 0.717) is 18.1 Å². The zero-order chi connectivity index (χ0) is 17.4. The van der Waals surface area contributed by atoms with E-state index in [1.54, 1.807) is 12.1 Å². The molecule has 128 valence electrons. The number of benzene rings is 2. The first-order valence-corrected chi connectivity index (χ1v) is 8.25. The third kappa shape index (κ3) is 2.74. The van der Waals surface area contributed by atoms with Crippen LogP contribution >= 0.6 is 0 Å². The Balaban J connectivity index is 1.72. The second-order valence-corrected chi connectivity index (χ2v) is 6.29. The normalized spacial score (nSPS) is 16.3. The summed E-state index contributed by atoms with van der Waals surface area (Å²) >= 11 is 0. The van der Waals surface area contributed by atoms with Gasteiger partial charge in [0.1, 0.15) is 5.75 Å².